The highest BCUT2D eigenvalue weighted by molar-refractivity contribution is 7.92. The number of azo groups is 1. The van der Waals surface area contributed by atoms with Gasteiger partial charge in [0.05, 0.1) is 5.56 Å². The van der Waals surface area contributed by atoms with Gasteiger partial charge in [-0.1, -0.05) is 24.3 Å². The molecule has 0 radical (unpaired) electrons. The van der Waals surface area contributed by atoms with Crippen molar-refractivity contribution in [2.24, 2.45) is 26.1 Å². The SMILES string of the molecule is NCCNS(=O)(=O)c1ccc(-c2cccc(-c3nc(N)n[nH]3)c2)c(C2=NCN=N2)c1S(N)(=O)=O. The molecule has 0 saturated heterocycles. The molecule has 0 aliphatic carbocycles. The van der Waals surface area contributed by atoms with Crippen LogP contribution in [0.15, 0.2) is 61.4 Å². The summed E-state index contributed by atoms with van der Waals surface area (Å²) in [6, 6.07) is 9.44. The van der Waals surface area contributed by atoms with Crippen molar-refractivity contribution in [3.05, 3.63) is 42.0 Å². The Balaban J connectivity index is 2.01. The first-order valence-corrected chi connectivity index (χ1v) is 12.8. The second-order valence-corrected chi connectivity index (χ2v) is 10.3. The minimum atomic E-state index is -4.58. The fraction of sp³-hybridized carbons (Fsp3) is 0.167. The van der Waals surface area contributed by atoms with E-state index >= 15 is 0 Å². The predicted octanol–water partition coefficient (Wildman–Crippen LogP) is -0.225. The first kappa shape index (κ1) is 23.6. The van der Waals surface area contributed by atoms with Crippen molar-refractivity contribution < 1.29 is 16.8 Å². The lowest BCUT2D eigenvalue weighted by molar-refractivity contribution is 0.573. The Morgan fingerprint density at radius 1 is 1.09 bits per heavy atom. The van der Waals surface area contributed by atoms with E-state index < -0.39 is 29.8 Å². The lowest BCUT2D eigenvalue weighted by Gasteiger charge is -2.17. The summed E-state index contributed by atoms with van der Waals surface area (Å²) in [6.07, 6.45) is 0. The standard InChI is InChI=1S/C18H20N10O4S2/c19-6-7-24-34(31,32)13-5-4-12(14(15(13)33(21,29)30)17-22-9-23-26-17)10-2-1-3-11(8-10)16-25-18(20)28-27-16/h1-5,8,24H,6-7,9,19H2,(H2,21,29,30)(H3,20,25,27,28). The molecule has 3 aromatic rings. The number of nitrogens with one attached hydrogen (secondary N) is 2. The Morgan fingerprint density at radius 3 is 2.47 bits per heavy atom. The maximum Gasteiger partial charge on any atom is 0.241 e. The molecule has 178 valence electrons. The van der Waals surface area contributed by atoms with E-state index in [0.29, 0.717) is 22.5 Å². The van der Waals surface area contributed by atoms with Crippen LogP contribution >= 0.6 is 0 Å². The van der Waals surface area contributed by atoms with Gasteiger partial charge < -0.3 is 11.5 Å². The molecule has 0 amide bonds. The van der Waals surface area contributed by atoms with Crippen LogP contribution in [0.5, 0.6) is 0 Å². The number of hydrogen-bond acceptors (Lipinski definition) is 11. The minimum Gasteiger partial charge on any atom is -0.366 e. The first-order chi connectivity index (χ1) is 16.1. The van der Waals surface area contributed by atoms with Gasteiger partial charge in [-0.2, -0.15) is 10.1 Å². The molecule has 0 spiro atoms. The van der Waals surface area contributed by atoms with Crippen molar-refractivity contribution in [1.29, 1.82) is 0 Å². The number of rotatable bonds is 8. The lowest BCUT2D eigenvalue weighted by Crippen LogP contribution is -2.31. The summed E-state index contributed by atoms with van der Waals surface area (Å²) in [5.41, 5.74) is 12.3. The van der Waals surface area contributed by atoms with Crippen molar-refractivity contribution in [3.63, 3.8) is 0 Å². The molecule has 4 rings (SSSR count). The van der Waals surface area contributed by atoms with Gasteiger partial charge in [0.1, 0.15) is 9.79 Å². The van der Waals surface area contributed by atoms with Crippen molar-refractivity contribution >= 4 is 31.8 Å². The second-order valence-electron chi connectivity index (χ2n) is 7.03. The third-order valence-electron chi connectivity index (χ3n) is 4.75. The maximum absolute atomic E-state index is 12.9. The maximum atomic E-state index is 12.9. The molecule has 1 aliphatic rings. The number of aromatic nitrogens is 3. The summed E-state index contributed by atoms with van der Waals surface area (Å²) in [5, 5.41) is 19.7. The molecule has 8 N–H and O–H groups in total. The molecular weight excluding hydrogens is 484 g/mol. The van der Waals surface area contributed by atoms with Crippen LogP contribution in [0.4, 0.5) is 5.95 Å². The summed E-state index contributed by atoms with van der Waals surface area (Å²) < 4.78 is 53.5. The van der Waals surface area contributed by atoms with Crippen LogP contribution in [0.3, 0.4) is 0 Å². The lowest BCUT2D eigenvalue weighted by atomic mass is 9.97. The van der Waals surface area contributed by atoms with E-state index in [0.717, 1.165) is 6.07 Å². The van der Waals surface area contributed by atoms with Gasteiger partial charge in [-0.25, -0.2) is 31.7 Å². The normalized spacial score (nSPS) is 13.9. The summed E-state index contributed by atoms with van der Waals surface area (Å²) in [4.78, 5) is 7.01. The molecule has 0 fully saturated rings. The molecule has 34 heavy (non-hydrogen) atoms. The monoisotopic (exact) mass is 504 g/mol. The molecule has 16 heteroatoms. The highest BCUT2D eigenvalue weighted by Crippen LogP contribution is 2.36. The Morgan fingerprint density at radius 2 is 1.85 bits per heavy atom. The average molecular weight is 505 g/mol. The second kappa shape index (κ2) is 8.99. The number of nitrogen functional groups attached to an aromatic ring is 1. The van der Waals surface area contributed by atoms with Crippen LogP contribution < -0.4 is 21.3 Å². The van der Waals surface area contributed by atoms with E-state index in [4.69, 9.17) is 16.6 Å². The molecule has 0 unspecified atom stereocenters. The number of hydrogen-bond donors (Lipinski definition) is 5. The molecule has 2 aromatic carbocycles. The molecule has 1 aromatic heterocycles. The number of aromatic amines is 1. The zero-order valence-electron chi connectivity index (χ0n) is 17.5. The topological polar surface area (TPSA) is 237 Å². The summed E-state index contributed by atoms with van der Waals surface area (Å²) in [7, 11) is -8.87. The molecule has 0 saturated carbocycles. The number of nitrogens with zero attached hydrogens (tertiary/aromatic N) is 5. The Labute approximate surface area is 194 Å². The van der Waals surface area contributed by atoms with Gasteiger partial charge in [0.15, 0.2) is 18.3 Å². The fourth-order valence-electron chi connectivity index (χ4n) is 3.39. The Bertz CT molecular complexity index is 1530. The first-order valence-electron chi connectivity index (χ1n) is 9.72. The van der Waals surface area contributed by atoms with E-state index in [2.05, 4.69) is 35.1 Å². The number of benzene rings is 2. The van der Waals surface area contributed by atoms with E-state index in [9.17, 15) is 16.8 Å². The van der Waals surface area contributed by atoms with Crippen LogP contribution in [0.2, 0.25) is 0 Å². The van der Waals surface area contributed by atoms with Crippen LogP contribution in [0, 0.1) is 0 Å². The number of primary sulfonamides is 1. The van der Waals surface area contributed by atoms with Gasteiger partial charge in [-0.05, 0) is 23.3 Å². The Hall–Kier alpha value is -3.57. The zero-order valence-corrected chi connectivity index (χ0v) is 19.1. The highest BCUT2D eigenvalue weighted by atomic mass is 32.2. The third-order valence-corrected chi connectivity index (χ3v) is 7.38. The number of amidine groups is 1. The molecule has 1 aliphatic heterocycles. The third kappa shape index (κ3) is 4.57. The number of anilines is 1. The van der Waals surface area contributed by atoms with E-state index in [1.54, 1.807) is 24.3 Å². The molecule has 2 heterocycles. The molecular formula is C18H20N10O4S2. The fourth-order valence-corrected chi connectivity index (χ4v) is 6.03. The van der Waals surface area contributed by atoms with Crippen molar-refractivity contribution in [1.82, 2.24) is 19.9 Å². The van der Waals surface area contributed by atoms with Crippen molar-refractivity contribution in [2.75, 3.05) is 25.5 Å². The van der Waals surface area contributed by atoms with E-state index in [1.807, 2.05) is 0 Å². The van der Waals surface area contributed by atoms with Gasteiger partial charge in [-0.15, -0.1) is 10.2 Å². The van der Waals surface area contributed by atoms with Gasteiger partial charge in [0, 0.05) is 18.7 Å². The van der Waals surface area contributed by atoms with Crippen LogP contribution in [0.25, 0.3) is 22.5 Å². The average Bonchev–Trinajstić information content (AvgIpc) is 3.48. The molecule has 14 nitrogen and oxygen atoms in total. The van der Waals surface area contributed by atoms with Gasteiger partial charge in [0.25, 0.3) is 0 Å². The zero-order chi connectivity index (χ0) is 24.5. The van der Waals surface area contributed by atoms with Gasteiger partial charge >= 0.3 is 0 Å². The van der Waals surface area contributed by atoms with Gasteiger partial charge in [-0.3, -0.25) is 5.10 Å². The van der Waals surface area contributed by atoms with Crippen molar-refractivity contribution in [3.8, 4) is 22.5 Å². The number of H-pyrrole nitrogens is 1. The largest absolute Gasteiger partial charge is 0.366 e. The molecule has 0 atom stereocenters. The quantitative estimate of drug-likeness (QED) is 0.274. The van der Waals surface area contributed by atoms with E-state index in [-0.39, 0.29) is 37.1 Å². The number of aliphatic imine (C=N–C) groups is 1. The smallest absolute Gasteiger partial charge is 0.241 e. The van der Waals surface area contributed by atoms with Crippen LogP contribution in [-0.4, -0.2) is 57.6 Å². The number of sulfonamides is 2. The molecule has 0 bridgehead atoms. The predicted molar refractivity (Wildman–Crippen MR) is 124 cm³/mol. The number of nitrogens with two attached hydrogens (primary N) is 3. The summed E-state index contributed by atoms with van der Waals surface area (Å²) in [5.74, 6) is 0.373. The Kier molecular flexibility index (Phi) is 6.24. The highest BCUT2D eigenvalue weighted by Gasteiger charge is 2.32. The van der Waals surface area contributed by atoms with Gasteiger partial charge in [0.2, 0.25) is 26.0 Å². The van der Waals surface area contributed by atoms with Crippen molar-refractivity contribution in [2.45, 2.75) is 9.79 Å². The summed E-state index contributed by atoms with van der Waals surface area (Å²) >= 11 is 0. The van der Waals surface area contributed by atoms with E-state index in [1.165, 1.54) is 6.07 Å². The van der Waals surface area contributed by atoms with Crippen LogP contribution in [-0.2, 0) is 20.0 Å². The summed E-state index contributed by atoms with van der Waals surface area (Å²) in [6.45, 7) is -0.139. The minimum absolute atomic E-state index is 0.00867. The van der Waals surface area contributed by atoms with Crippen LogP contribution in [0.1, 0.15) is 5.56 Å².